The lowest BCUT2D eigenvalue weighted by atomic mass is 10.1. The minimum atomic E-state index is -3.49. The van der Waals surface area contributed by atoms with Gasteiger partial charge in [-0.15, -0.1) is 0 Å². The van der Waals surface area contributed by atoms with Crippen molar-refractivity contribution in [3.05, 3.63) is 72.3 Å². The number of hydrogen-bond donors (Lipinski definition) is 0. The summed E-state index contributed by atoms with van der Waals surface area (Å²) in [4.78, 5) is 0.325. The number of rotatable bonds is 5. The molecule has 1 aliphatic heterocycles. The van der Waals surface area contributed by atoms with Crippen LogP contribution >= 0.6 is 0 Å². The second-order valence-electron chi connectivity index (χ2n) is 6.09. The zero-order valence-electron chi connectivity index (χ0n) is 13.7. The van der Waals surface area contributed by atoms with Crippen LogP contribution in [-0.2, 0) is 10.0 Å². The molecule has 3 rings (SSSR count). The maximum atomic E-state index is 12.8. The third kappa shape index (κ3) is 3.52. The minimum Gasteiger partial charge on any atom is -0.493 e. The summed E-state index contributed by atoms with van der Waals surface area (Å²) in [6.45, 7) is 7.15. The third-order valence-corrected chi connectivity index (χ3v) is 6.06. The number of benzene rings is 2. The van der Waals surface area contributed by atoms with Gasteiger partial charge in [-0.25, -0.2) is 8.42 Å². The Morgan fingerprint density at radius 2 is 1.79 bits per heavy atom. The molecule has 0 bridgehead atoms. The molecule has 0 radical (unpaired) electrons. The summed E-state index contributed by atoms with van der Waals surface area (Å²) in [5.74, 6) is 0.788. The zero-order chi connectivity index (χ0) is 17.2. The van der Waals surface area contributed by atoms with E-state index in [4.69, 9.17) is 4.74 Å². The number of para-hydroxylation sites is 1. The largest absolute Gasteiger partial charge is 0.493 e. The summed E-state index contributed by atoms with van der Waals surface area (Å²) in [5.41, 5.74) is 1.93. The van der Waals surface area contributed by atoms with Crippen molar-refractivity contribution < 1.29 is 13.2 Å². The molecule has 24 heavy (non-hydrogen) atoms. The molecule has 0 aromatic heterocycles. The van der Waals surface area contributed by atoms with Crippen molar-refractivity contribution in [2.45, 2.75) is 11.8 Å². The van der Waals surface area contributed by atoms with Gasteiger partial charge in [0.1, 0.15) is 5.75 Å². The lowest BCUT2D eigenvalue weighted by Crippen LogP contribution is -2.29. The van der Waals surface area contributed by atoms with Gasteiger partial charge in [-0.2, -0.15) is 4.31 Å². The van der Waals surface area contributed by atoms with Crippen molar-refractivity contribution in [1.29, 1.82) is 0 Å². The average molecular weight is 343 g/mol. The topological polar surface area (TPSA) is 46.6 Å². The molecule has 5 heteroatoms. The number of aryl methyl sites for hydroxylation is 1. The molecule has 0 amide bonds. The van der Waals surface area contributed by atoms with Crippen LogP contribution in [0.2, 0.25) is 0 Å². The number of hydrogen-bond acceptors (Lipinski definition) is 3. The van der Waals surface area contributed by atoms with Crippen LogP contribution in [0.4, 0.5) is 0 Å². The Labute approximate surface area is 143 Å². The molecule has 1 heterocycles. The quantitative estimate of drug-likeness (QED) is 0.783. The lowest BCUT2D eigenvalue weighted by molar-refractivity contribution is 0.270. The maximum absolute atomic E-state index is 12.8. The summed E-state index contributed by atoms with van der Waals surface area (Å²) >= 11 is 0. The van der Waals surface area contributed by atoms with E-state index in [1.807, 2.05) is 49.4 Å². The maximum Gasteiger partial charge on any atom is 0.243 e. The van der Waals surface area contributed by atoms with Crippen LogP contribution in [0.1, 0.15) is 5.56 Å². The number of nitrogens with zero attached hydrogens (tertiary/aromatic N) is 1. The molecular weight excluding hydrogens is 322 g/mol. The van der Waals surface area contributed by atoms with Crippen molar-refractivity contribution in [1.82, 2.24) is 4.31 Å². The van der Waals surface area contributed by atoms with E-state index in [9.17, 15) is 8.42 Å². The molecule has 0 spiro atoms. The van der Waals surface area contributed by atoms with Crippen molar-refractivity contribution in [3.8, 4) is 5.75 Å². The van der Waals surface area contributed by atoms with Crippen LogP contribution in [0.5, 0.6) is 5.75 Å². The smallest absolute Gasteiger partial charge is 0.243 e. The second-order valence-corrected chi connectivity index (χ2v) is 8.03. The Morgan fingerprint density at radius 3 is 2.46 bits per heavy atom. The summed E-state index contributed by atoms with van der Waals surface area (Å²) in [5, 5.41) is 0. The Balaban J connectivity index is 1.68. The first-order valence-electron chi connectivity index (χ1n) is 7.89. The predicted octanol–water partition coefficient (Wildman–Crippen LogP) is 3.25. The van der Waals surface area contributed by atoms with E-state index < -0.39 is 10.0 Å². The van der Waals surface area contributed by atoms with Gasteiger partial charge in [0.15, 0.2) is 0 Å². The van der Waals surface area contributed by atoms with Gasteiger partial charge in [-0.05, 0) is 31.2 Å². The van der Waals surface area contributed by atoms with E-state index in [1.165, 1.54) is 4.31 Å². The van der Waals surface area contributed by atoms with E-state index in [0.29, 0.717) is 24.6 Å². The second kappa shape index (κ2) is 6.79. The fraction of sp³-hybridized carbons (Fsp3) is 0.263. The van der Waals surface area contributed by atoms with Crippen molar-refractivity contribution in [2.75, 3.05) is 19.7 Å². The van der Waals surface area contributed by atoms with E-state index >= 15 is 0 Å². The monoisotopic (exact) mass is 343 g/mol. The van der Waals surface area contributed by atoms with Crippen LogP contribution in [0.15, 0.2) is 71.6 Å². The van der Waals surface area contributed by atoms with Crippen LogP contribution in [0.3, 0.4) is 0 Å². The van der Waals surface area contributed by atoms with E-state index in [-0.39, 0.29) is 5.92 Å². The molecule has 0 saturated carbocycles. The van der Waals surface area contributed by atoms with Gasteiger partial charge in [-0.1, -0.05) is 48.0 Å². The van der Waals surface area contributed by atoms with Gasteiger partial charge in [0.05, 0.1) is 11.5 Å². The minimum absolute atomic E-state index is 0.00503. The SMILES string of the molecule is C=C1CN(S(=O)(=O)c2ccc(C)cc2)CC1COc1ccccc1. The van der Waals surface area contributed by atoms with Gasteiger partial charge in [0.25, 0.3) is 0 Å². The van der Waals surface area contributed by atoms with Crippen molar-refractivity contribution in [3.63, 3.8) is 0 Å². The van der Waals surface area contributed by atoms with E-state index in [1.54, 1.807) is 12.1 Å². The normalized spacial score (nSPS) is 18.7. The summed E-state index contributed by atoms with van der Waals surface area (Å²) in [6.07, 6.45) is 0. The molecule has 2 aromatic rings. The first-order valence-corrected chi connectivity index (χ1v) is 9.33. The summed E-state index contributed by atoms with van der Waals surface area (Å²) in [7, 11) is -3.49. The number of ether oxygens (including phenoxy) is 1. The third-order valence-electron chi connectivity index (χ3n) is 4.23. The molecule has 0 aliphatic carbocycles. The Morgan fingerprint density at radius 1 is 1.12 bits per heavy atom. The van der Waals surface area contributed by atoms with E-state index in [2.05, 4.69) is 6.58 Å². The summed E-state index contributed by atoms with van der Waals surface area (Å²) in [6, 6.07) is 16.5. The van der Waals surface area contributed by atoms with Gasteiger partial charge >= 0.3 is 0 Å². The fourth-order valence-corrected chi connectivity index (χ4v) is 4.21. The molecule has 0 N–H and O–H groups in total. The highest BCUT2D eigenvalue weighted by Crippen LogP contribution is 2.28. The van der Waals surface area contributed by atoms with Gasteiger partial charge < -0.3 is 4.74 Å². The van der Waals surface area contributed by atoms with Crippen molar-refractivity contribution in [2.24, 2.45) is 5.92 Å². The van der Waals surface area contributed by atoms with E-state index in [0.717, 1.165) is 16.9 Å². The fourth-order valence-electron chi connectivity index (χ4n) is 2.72. The van der Waals surface area contributed by atoms with Gasteiger partial charge in [-0.3, -0.25) is 0 Å². The molecule has 1 unspecified atom stereocenters. The molecule has 1 atom stereocenters. The molecule has 1 saturated heterocycles. The van der Waals surface area contributed by atoms with Crippen LogP contribution in [0, 0.1) is 12.8 Å². The standard InChI is InChI=1S/C19H21NO3S/c1-15-8-10-19(11-9-15)24(21,22)20-12-16(2)17(13-20)14-23-18-6-4-3-5-7-18/h3-11,17H,2,12-14H2,1H3. The van der Waals surface area contributed by atoms with Crippen molar-refractivity contribution >= 4 is 10.0 Å². The summed E-state index contributed by atoms with van der Waals surface area (Å²) < 4.78 is 32.8. The molecule has 1 aliphatic rings. The highest BCUT2D eigenvalue weighted by molar-refractivity contribution is 7.89. The lowest BCUT2D eigenvalue weighted by Gasteiger charge is -2.16. The average Bonchev–Trinajstić information content (AvgIpc) is 2.96. The van der Waals surface area contributed by atoms with Gasteiger partial charge in [0, 0.05) is 19.0 Å². The van der Waals surface area contributed by atoms with Gasteiger partial charge in [0.2, 0.25) is 10.0 Å². The Hall–Kier alpha value is -2.11. The highest BCUT2D eigenvalue weighted by Gasteiger charge is 2.35. The molecule has 126 valence electrons. The number of sulfonamides is 1. The molecule has 1 fully saturated rings. The molecule has 2 aromatic carbocycles. The first-order chi connectivity index (χ1) is 11.5. The molecular formula is C19H21NO3S. The van der Waals surface area contributed by atoms with Crippen LogP contribution < -0.4 is 4.74 Å². The predicted molar refractivity (Wildman–Crippen MR) is 94.5 cm³/mol. The van der Waals surface area contributed by atoms with Crippen LogP contribution in [-0.4, -0.2) is 32.4 Å². The Kier molecular flexibility index (Phi) is 4.73. The zero-order valence-corrected chi connectivity index (χ0v) is 14.5. The van der Waals surface area contributed by atoms with Crippen LogP contribution in [0.25, 0.3) is 0 Å². The highest BCUT2D eigenvalue weighted by atomic mass is 32.2. The first kappa shape index (κ1) is 16.7. The molecule has 4 nitrogen and oxygen atoms in total. The Bertz CT molecular complexity index is 813.